The predicted molar refractivity (Wildman–Crippen MR) is 155 cm³/mol. The zero-order valence-electron chi connectivity index (χ0n) is 21.9. The van der Waals surface area contributed by atoms with E-state index >= 15 is 0 Å². The van der Waals surface area contributed by atoms with E-state index in [0.29, 0.717) is 16.0 Å². The number of nitrogens with zero attached hydrogens (tertiary/aromatic N) is 6. The molecule has 0 atom stereocenters. The third kappa shape index (κ3) is 16.6. The Morgan fingerprint density at radius 2 is 1.18 bits per heavy atom. The van der Waals surface area contributed by atoms with E-state index in [1.807, 2.05) is 13.8 Å². The smallest absolute Gasteiger partial charge is 1.00 e. The van der Waals surface area contributed by atoms with Crippen molar-refractivity contribution in [2.45, 2.75) is 38.9 Å². The molecule has 38 heavy (non-hydrogen) atoms. The summed E-state index contributed by atoms with van der Waals surface area (Å²) in [6, 6.07) is 0. The van der Waals surface area contributed by atoms with Gasteiger partial charge in [0.15, 0.2) is 5.69 Å². The zero-order valence-corrected chi connectivity index (χ0v) is 29.5. The Kier molecular flexibility index (Phi) is 24.9. The van der Waals surface area contributed by atoms with E-state index in [9.17, 15) is 9.90 Å². The van der Waals surface area contributed by atoms with Gasteiger partial charge in [0.05, 0.1) is 55.7 Å². The van der Waals surface area contributed by atoms with Crippen LogP contribution in [0.1, 0.15) is 49.6 Å². The van der Waals surface area contributed by atoms with Gasteiger partial charge >= 0.3 is 29.0 Å². The van der Waals surface area contributed by atoms with Crippen LogP contribution in [0.15, 0.2) is 37.2 Å². The quantitative estimate of drug-likeness (QED) is 0.182. The fourth-order valence-corrected chi connectivity index (χ4v) is 2.36. The van der Waals surface area contributed by atoms with Crippen LogP contribution in [0, 0.1) is 7.43 Å². The fraction of sp³-hybridized carbons (Fsp3) is 0.364. The van der Waals surface area contributed by atoms with E-state index in [4.69, 9.17) is 39.5 Å². The molecule has 16 heteroatoms. The Morgan fingerprint density at radius 1 is 0.789 bits per heavy atom. The molecule has 0 bridgehead atoms. The van der Waals surface area contributed by atoms with Crippen molar-refractivity contribution in [1.29, 1.82) is 0 Å². The number of hydrogen-bond acceptors (Lipinski definition) is 10. The molecule has 0 aliphatic rings. The Morgan fingerprint density at radius 3 is 1.53 bits per heavy atom. The molecular weight excluding hydrogens is 750 g/mol. The molecule has 0 saturated heterocycles. The van der Waals surface area contributed by atoms with Crippen LogP contribution >= 0.6 is 58.8 Å². The summed E-state index contributed by atoms with van der Waals surface area (Å²) in [6.07, 6.45) is 8.70. The molecule has 0 aliphatic heterocycles. The number of aliphatic hydroxyl groups is 1. The minimum atomic E-state index is -0.974. The second kappa shape index (κ2) is 21.3. The summed E-state index contributed by atoms with van der Waals surface area (Å²) < 4.78 is 9.61. The number of aromatic nitrogens is 6. The van der Waals surface area contributed by atoms with E-state index in [2.05, 4.69) is 34.6 Å². The van der Waals surface area contributed by atoms with Crippen LogP contribution in [-0.4, -0.2) is 78.3 Å². The van der Waals surface area contributed by atoms with Crippen molar-refractivity contribution in [2.24, 2.45) is 0 Å². The number of halogens is 5. The second-order valence-electron chi connectivity index (χ2n) is 7.45. The van der Waals surface area contributed by atoms with Gasteiger partial charge in [-0.1, -0.05) is 34.8 Å². The van der Waals surface area contributed by atoms with Gasteiger partial charge in [-0.3, -0.25) is 15.0 Å². The molecule has 3 aromatic heterocycles. The van der Waals surface area contributed by atoms with Gasteiger partial charge in [-0.2, -0.15) is 0 Å². The molecule has 0 saturated carbocycles. The predicted octanol–water partition coefficient (Wildman–Crippen LogP) is 1.98. The largest absolute Gasteiger partial charge is 2.00 e. The number of carbonyl (C=O) groups excluding carboxylic acids is 1. The maximum atomic E-state index is 10.8. The van der Waals surface area contributed by atoms with Crippen molar-refractivity contribution in [2.75, 3.05) is 14.2 Å². The van der Waals surface area contributed by atoms with Gasteiger partial charge in [0.25, 0.3) is 0 Å². The van der Waals surface area contributed by atoms with Gasteiger partial charge in [0.2, 0.25) is 0 Å². The Labute approximate surface area is 282 Å². The molecule has 1 N–H and O–H groups in total. The summed E-state index contributed by atoms with van der Waals surface area (Å²) >= 11 is 16.7. The zero-order chi connectivity index (χ0) is 25.9. The minimum Gasteiger partial charge on any atom is -1.00 e. The average Bonchev–Trinajstić information content (AvgIpc) is 2.79. The topological polar surface area (TPSA) is 133 Å². The Hall–Kier alpha value is -0.524. The van der Waals surface area contributed by atoms with Gasteiger partial charge in [0.1, 0.15) is 26.7 Å². The molecule has 0 fully saturated rings. The van der Waals surface area contributed by atoms with Crippen LogP contribution in [0.3, 0.4) is 0 Å². The van der Waals surface area contributed by atoms with Gasteiger partial charge in [0, 0.05) is 7.11 Å². The molecule has 0 amide bonds. The first-order chi connectivity index (χ1) is 15.8. The van der Waals surface area contributed by atoms with Crippen LogP contribution in [0.5, 0.6) is 0 Å². The van der Waals surface area contributed by atoms with E-state index in [1.165, 1.54) is 38.1 Å². The van der Waals surface area contributed by atoms with Crippen molar-refractivity contribution in [3.8, 4) is 0 Å². The van der Waals surface area contributed by atoms with Gasteiger partial charge in [-0.15, -0.1) is 24.0 Å². The first-order valence-corrected chi connectivity index (χ1v) is 10.7. The number of ether oxygens (including phenoxy) is 2. The van der Waals surface area contributed by atoms with Crippen molar-refractivity contribution < 1.29 is 36.4 Å². The standard InChI is InChI=1S/C8H11ClN2O.C7H9ClN2O.C6H5ClN2O2.CH3.BrH.HI.Mg/c1-8(2,12-3)6-4-10-5-7(9)11-6;1-7(2,11)5-3-9-4-6(8)10-5;1-11-6(10)4-2-8-3-5(7)9-4;;;;/h4-5H,1-3H3;3-4,11H,1-2H3;2-3H,1H3;1H3;2*1H;/q;;;-1;;;+2/p-1. The van der Waals surface area contributed by atoms with Gasteiger partial charge in [-0.05, 0) is 27.7 Å². The van der Waals surface area contributed by atoms with Crippen LogP contribution in [0.2, 0.25) is 15.5 Å². The summed E-state index contributed by atoms with van der Waals surface area (Å²) in [5, 5.41) is 10.3. The van der Waals surface area contributed by atoms with Crippen molar-refractivity contribution in [3.63, 3.8) is 0 Å². The van der Waals surface area contributed by atoms with Crippen LogP contribution < -0.4 is 17.0 Å². The monoisotopic (exact) mass is 776 g/mol. The maximum Gasteiger partial charge on any atom is 2.00 e. The number of methoxy groups -OCH3 is 2. The van der Waals surface area contributed by atoms with Crippen LogP contribution in [0.25, 0.3) is 0 Å². The average molecular weight is 779 g/mol. The number of hydrogen-bond donors (Lipinski definition) is 1. The van der Waals surface area contributed by atoms with Crippen molar-refractivity contribution in [3.05, 3.63) is 77.1 Å². The first-order valence-electron chi connectivity index (χ1n) is 9.59. The summed E-state index contributed by atoms with van der Waals surface area (Å²) in [5.41, 5.74) is -0.0852. The molecule has 208 valence electrons. The molecule has 0 radical (unpaired) electrons. The minimum absolute atomic E-state index is 0. The van der Waals surface area contributed by atoms with E-state index in [-0.39, 0.29) is 82.3 Å². The SMILES string of the molecule is CC(C)(O)c1cncc(Cl)n1.COC(=O)c1cncc(Cl)n1.COC(C)(C)c1cncc(Cl)n1.I.[Br-].[CH3-].[Mg+2]. The van der Waals surface area contributed by atoms with Crippen LogP contribution in [-0.2, 0) is 20.7 Å². The molecule has 3 aromatic rings. The molecule has 0 unspecified atom stereocenters. The second-order valence-corrected chi connectivity index (χ2v) is 8.61. The molecule has 0 aromatic carbocycles. The summed E-state index contributed by atoms with van der Waals surface area (Å²) in [4.78, 5) is 33.8. The van der Waals surface area contributed by atoms with Crippen molar-refractivity contribution >= 4 is 87.8 Å². The van der Waals surface area contributed by atoms with Gasteiger partial charge in [-0.25, -0.2) is 19.7 Å². The molecule has 0 spiro atoms. The van der Waals surface area contributed by atoms with Crippen molar-refractivity contribution in [1.82, 2.24) is 29.9 Å². The fourth-order valence-electron chi connectivity index (χ4n) is 1.92. The first kappa shape index (κ1) is 44.5. The third-order valence-electron chi connectivity index (χ3n) is 3.96. The third-order valence-corrected chi connectivity index (χ3v) is 4.51. The summed E-state index contributed by atoms with van der Waals surface area (Å²) in [5.74, 6) is -0.542. The molecule has 0 aliphatic carbocycles. The number of rotatable bonds is 4. The number of carbonyl (C=O) groups is 1. The molecule has 3 heterocycles. The summed E-state index contributed by atoms with van der Waals surface area (Å²) in [6.45, 7) is 7.08. The van der Waals surface area contributed by atoms with Crippen LogP contribution in [0.4, 0.5) is 0 Å². The maximum absolute atomic E-state index is 10.8. The Balaban J connectivity index is -0.000000217. The Bertz CT molecular complexity index is 1100. The normalized spacial score (nSPS) is 9.74. The molecular formula is C22H29BrCl3IMgN6O4. The van der Waals surface area contributed by atoms with Gasteiger partial charge < -0.3 is 39.0 Å². The van der Waals surface area contributed by atoms with E-state index in [0.717, 1.165) is 5.69 Å². The van der Waals surface area contributed by atoms with E-state index in [1.54, 1.807) is 27.2 Å². The summed E-state index contributed by atoms with van der Waals surface area (Å²) in [7, 11) is 2.90. The molecule has 3 rings (SSSR count). The number of esters is 1. The molecule has 10 nitrogen and oxygen atoms in total. The van der Waals surface area contributed by atoms with E-state index < -0.39 is 17.2 Å².